The first-order valence-corrected chi connectivity index (χ1v) is 1.59. The molecule has 0 aromatic heterocycles. The third-order valence-electron chi connectivity index (χ3n) is 0.582. The summed E-state index contributed by atoms with van der Waals surface area (Å²) in [6, 6.07) is 0. The van der Waals surface area contributed by atoms with Gasteiger partial charge in [-0.2, -0.15) is 8.78 Å². The number of rotatable bonds is 0. The Morgan fingerprint density at radius 1 is 1.67 bits per heavy atom. The van der Waals surface area contributed by atoms with E-state index in [0.29, 0.717) is 6.21 Å². The lowest BCUT2D eigenvalue weighted by Crippen LogP contribution is -2.30. The lowest BCUT2D eigenvalue weighted by atomic mass is 10.3. The van der Waals surface area contributed by atoms with E-state index in [1.807, 2.05) is 0 Å². The minimum atomic E-state index is -2.57. The van der Waals surface area contributed by atoms with Crippen LogP contribution in [0.4, 0.5) is 8.78 Å². The second-order valence-corrected chi connectivity index (χ2v) is 1.23. The van der Waals surface area contributed by atoms with E-state index in [0.717, 1.165) is 0 Å². The summed E-state index contributed by atoms with van der Waals surface area (Å²) >= 11 is 0. The third-order valence-corrected chi connectivity index (χ3v) is 0.582. The largest absolute Gasteiger partial charge is 0.301 e. The van der Waals surface area contributed by atoms with Crippen molar-refractivity contribution < 1.29 is 8.78 Å². The fourth-order valence-electron chi connectivity index (χ4n) is 0.229. The standard InChI is InChI=1S/C3H3F2N/c4-3(5)1-6-2-3/h1H,2H2. The van der Waals surface area contributed by atoms with Crippen LogP contribution in [-0.2, 0) is 0 Å². The predicted molar refractivity (Wildman–Crippen MR) is 18.3 cm³/mol. The highest BCUT2D eigenvalue weighted by Crippen LogP contribution is 2.16. The van der Waals surface area contributed by atoms with Crippen LogP contribution < -0.4 is 0 Å². The third kappa shape index (κ3) is 0.398. The first-order valence-electron chi connectivity index (χ1n) is 1.59. The molecule has 6 heavy (non-hydrogen) atoms. The first kappa shape index (κ1) is 3.71. The van der Waals surface area contributed by atoms with Crippen molar-refractivity contribution in [3.05, 3.63) is 0 Å². The Kier molecular flexibility index (Phi) is 0.480. The molecule has 3 heteroatoms. The van der Waals surface area contributed by atoms with Gasteiger partial charge in [0.05, 0.1) is 6.21 Å². The molecule has 0 N–H and O–H groups in total. The average molecular weight is 91.1 g/mol. The molecule has 0 bridgehead atoms. The average Bonchev–Trinajstić information content (AvgIpc) is 1.32. The summed E-state index contributed by atoms with van der Waals surface area (Å²) in [4.78, 5) is 3.19. The van der Waals surface area contributed by atoms with Gasteiger partial charge in [0.2, 0.25) is 0 Å². The molecule has 1 aliphatic heterocycles. The van der Waals surface area contributed by atoms with E-state index in [1.165, 1.54) is 0 Å². The van der Waals surface area contributed by atoms with Gasteiger partial charge in [0, 0.05) is 0 Å². The lowest BCUT2D eigenvalue weighted by molar-refractivity contribution is 0.0768. The monoisotopic (exact) mass is 91.0 g/mol. The van der Waals surface area contributed by atoms with Gasteiger partial charge in [0.25, 0.3) is 0 Å². The smallest absolute Gasteiger partial charge is 0.284 e. The molecule has 0 saturated carbocycles. The summed E-state index contributed by atoms with van der Waals surface area (Å²) in [5, 5.41) is 0. The summed E-state index contributed by atoms with van der Waals surface area (Å²) in [7, 11) is 0. The van der Waals surface area contributed by atoms with E-state index in [9.17, 15) is 8.78 Å². The molecule has 1 rings (SSSR count). The number of alkyl halides is 2. The molecule has 0 unspecified atom stereocenters. The van der Waals surface area contributed by atoms with Gasteiger partial charge in [0.15, 0.2) is 0 Å². The maximum absolute atomic E-state index is 11.4. The van der Waals surface area contributed by atoms with Crippen LogP contribution in [0.5, 0.6) is 0 Å². The SMILES string of the molecule is FC1(F)C=NC1. The van der Waals surface area contributed by atoms with Crippen molar-refractivity contribution in [2.45, 2.75) is 5.92 Å². The fraction of sp³-hybridized carbons (Fsp3) is 0.667. The highest BCUT2D eigenvalue weighted by Gasteiger charge is 2.31. The number of nitrogens with zero attached hydrogens (tertiary/aromatic N) is 1. The molecular formula is C3H3F2N. The van der Waals surface area contributed by atoms with Crippen LogP contribution in [-0.4, -0.2) is 18.7 Å². The molecule has 1 nitrogen and oxygen atoms in total. The van der Waals surface area contributed by atoms with E-state index in [-0.39, 0.29) is 6.54 Å². The molecule has 0 aromatic rings. The first-order chi connectivity index (χ1) is 2.71. The van der Waals surface area contributed by atoms with Crippen molar-refractivity contribution in [2.24, 2.45) is 4.99 Å². The molecule has 0 aromatic carbocycles. The zero-order valence-corrected chi connectivity index (χ0v) is 2.99. The zero-order chi connectivity index (χ0) is 4.62. The highest BCUT2D eigenvalue weighted by molar-refractivity contribution is 5.72. The van der Waals surface area contributed by atoms with Gasteiger partial charge in [-0.05, 0) is 0 Å². The van der Waals surface area contributed by atoms with E-state index >= 15 is 0 Å². The van der Waals surface area contributed by atoms with Crippen molar-refractivity contribution in [1.82, 2.24) is 0 Å². The van der Waals surface area contributed by atoms with E-state index < -0.39 is 5.92 Å². The summed E-state index contributed by atoms with van der Waals surface area (Å²) in [5.74, 6) is -2.57. The van der Waals surface area contributed by atoms with Crippen molar-refractivity contribution in [1.29, 1.82) is 0 Å². The Hall–Kier alpha value is -0.470. The minimum Gasteiger partial charge on any atom is -0.284 e. The molecule has 0 aliphatic carbocycles. The number of halogens is 2. The second kappa shape index (κ2) is 0.776. The van der Waals surface area contributed by atoms with Gasteiger partial charge in [0.1, 0.15) is 6.54 Å². The van der Waals surface area contributed by atoms with E-state index in [4.69, 9.17) is 0 Å². The highest BCUT2D eigenvalue weighted by atomic mass is 19.3. The Morgan fingerprint density at radius 3 is 2.00 bits per heavy atom. The summed E-state index contributed by atoms with van der Waals surface area (Å²) < 4.78 is 22.8. The van der Waals surface area contributed by atoms with Gasteiger partial charge < -0.3 is 0 Å². The molecule has 34 valence electrons. The van der Waals surface area contributed by atoms with Crippen molar-refractivity contribution in [3.63, 3.8) is 0 Å². The molecule has 0 amide bonds. The molecular weight excluding hydrogens is 88.0 g/mol. The maximum atomic E-state index is 11.4. The quantitative estimate of drug-likeness (QED) is 0.416. The maximum Gasteiger partial charge on any atom is 0.301 e. The van der Waals surface area contributed by atoms with Crippen LogP contribution in [0, 0.1) is 0 Å². The van der Waals surface area contributed by atoms with Gasteiger partial charge in [-0.1, -0.05) is 0 Å². The van der Waals surface area contributed by atoms with Crippen molar-refractivity contribution in [3.8, 4) is 0 Å². The topological polar surface area (TPSA) is 12.4 Å². The summed E-state index contributed by atoms with van der Waals surface area (Å²) in [5.41, 5.74) is 0. The van der Waals surface area contributed by atoms with E-state index in [1.54, 1.807) is 0 Å². The Labute approximate surface area is 33.7 Å². The number of aliphatic imine (C=N–C) groups is 1. The second-order valence-electron chi connectivity index (χ2n) is 1.23. The molecule has 0 fully saturated rings. The molecule has 0 spiro atoms. The van der Waals surface area contributed by atoms with Gasteiger partial charge >= 0.3 is 5.92 Å². The summed E-state index contributed by atoms with van der Waals surface area (Å²) in [6.07, 6.45) is 0.660. The van der Waals surface area contributed by atoms with Gasteiger partial charge in [-0.3, -0.25) is 4.99 Å². The van der Waals surface area contributed by atoms with Gasteiger partial charge in [-0.15, -0.1) is 0 Å². The predicted octanol–water partition coefficient (Wildman–Crippen LogP) is 0.706. The molecule has 0 saturated heterocycles. The van der Waals surface area contributed by atoms with Crippen molar-refractivity contribution in [2.75, 3.05) is 6.54 Å². The Bertz CT molecular complexity index is 86.8. The van der Waals surface area contributed by atoms with E-state index in [2.05, 4.69) is 4.99 Å². The number of hydrogen-bond donors (Lipinski definition) is 0. The van der Waals surface area contributed by atoms with Gasteiger partial charge in [-0.25, -0.2) is 0 Å². The van der Waals surface area contributed by atoms with Crippen molar-refractivity contribution >= 4 is 6.21 Å². The molecule has 0 radical (unpaired) electrons. The van der Waals surface area contributed by atoms with Crippen LogP contribution >= 0.6 is 0 Å². The normalized spacial score (nSPS) is 26.3. The molecule has 1 aliphatic rings. The fourth-order valence-corrected chi connectivity index (χ4v) is 0.229. The van der Waals surface area contributed by atoms with Crippen LogP contribution in [0.2, 0.25) is 0 Å². The Morgan fingerprint density at radius 2 is 2.00 bits per heavy atom. The Balaban J connectivity index is 2.57. The lowest BCUT2D eigenvalue weighted by Gasteiger charge is -2.13. The molecule has 0 atom stereocenters. The minimum absolute atomic E-state index is 0.312. The van der Waals surface area contributed by atoms with Crippen LogP contribution in [0.1, 0.15) is 0 Å². The van der Waals surface area contributed by atoms with Crippen LogP contribution in [0.3, 0.4) is 0 Å². The zero-order valence-electron chi connectivity index (χ0n) is 2.99. The van der Waals surface area contributed by atoms with Crippen LogP contribution in [0.25, 0.3) is 0 Å². The molecule has 1 heterocycles. The number of hydrogen-bond acceptors (Lipinski definition) is 1. The summed E-state index contributed by atoms with van der Waals surface area (Å²) in [6.45, 7) is -0.312. The van der Waals surface area contributed by atoms with Crippen LogP contribution in [0.15, 0.2) is 4.99 Å².